The van der Waals surface area contributed by atoms with Gasteiger partial charge in [-0.15, -0.1) is 0 Å². The molecule has 2 aliphatic heterocycles. The molecule has 0 amide bonds. The van der Waals surface area contributed by atoms with Crippen LogP contribution in [0.5, 0.6) is 0 Å². The summed E-state index contributed by atoms with van der Waals surface area (Å²) in [5, 5.41) is 13.6. The predicted octanol–water partition coefficient (Wildman–Crippen LogP) is 1.40. The monoisotopic (exact) mass is 245 g/mol. The SMILES string of the molecule is CC(CC1CCCO1)NCC1(O)CCSC1. The average molecular weight is 245 g/mol. The van der Waals surface area contributed by atoms with Gasteiger partial charge in [0.05, 0.1) is 11.7 Å². The molecule has 2 rings (SSSR count). The van der Waals surface area contributed by atoms with E-state index in [0.29, 0.717) is 12.1 Å². The molecule has 0 radical (unpaired) electrons. The zero-order chi connectivity index (χ0) is 11.4. The van der Waals surface area contributed by atoms with E-state index in [0.717, 1.165) is 37.5 Å². The third-order valence-electron chi connectivity index (χ3n) is 3.50. The number of thioether (sulfide) groups is 1. The molecular weight excluding hydrogens is 222 g/mol. The molecule has 0 aliphatic carbocycles. The number of aliphatic hydroxyl groups is 1. The van der Waals surface area contributed by atoms with Crippen LogP contribution in [0, 0.1) is 0 Å². The van der Waals surface area contributed by atoms with Crippen LogP contribution in [0.3, 0.4) is 0 Å². The Morgan fingerprint density at radius 3 is 3.12 bits per heavy atom. The van der Waals surface area contributed by atoms with Gasteiger partial charge in [0, 0.05) is 24.9 Å². The number of nitrogens with one attached hydrogen (secondary N) is 1. The molecule has 2 aliphatic rings. The lowest BCUT2D eigenvalue weighted by Crippen LogP contribution is -2.44. The minimum absolute atomic E-state index is 0.440. The predicted molar refractivity (Wildman–Crippen MR) is 67.9 cm³/mol. The van der Waals surface area contributed by atoms with E-state index in [4.69, 9.17) is 4.74 Å². The molecule has 0 saturated carbocycles. The van der Waals surface area contributed by atoms with Crippen molar-refractivity contribution in [2.75, 3.05) is 24.7 Å². The Morgan fingerprint density at radius 1 is 1.62 bits per heavy atom. The van der Waals surface area contributed by atoms with E-state index in [2.05, 4.69) is 12.2 Å². The molecule has 2 fully saturated rings. The first-order valence-corrected chi connectivity index (χ1v) is 7.49. The second-order valence-electron chi connectivity index (χ2n) is 5.18. The number of ether oxygens (including phenoxy) is 1. The first-order valence-electron chi connectivity index (χ1n) is 6.33. The Labute approximate surface area is 102 Å². The highest BCUT2D eigenvalue weighted by Crippen LogP contribution is 2.27. The van der Waals surface area contributed by atoms with Crippen LogP contribution in [-0.2, 0) is 4.74 Å². The van der Waals surface area contributed by atoms with E-state index in [1.165, 1.54) is 12.8 Å². The van der Waals surface area contributed by atoms with E-state index in [1.807, 2.05) is 11.8 Å². The van der Waals surface area contributed by atoms with Crippen LogP contribution in [-0.4, -0.2) is 47.5 Å². The summed E-state index contributed by atoms with van der Waals surface area (Å²) >= 11 is 1.85. The van der Waals surface area contributed by atoms with E-state index in [1.54, 1.807) is 0 Å². The van der Waals surface area contributed by atoms with Crippen molar-refractivity contribution in [1.82, 2.24) is 5.32 Å². The van der Waals surface area contributed by atoms with Crippen molar-refractivity contribution in [3.05, 3.63) is 0 Å². The Bertz CT molecular complexity index is 213. The van der Waals surface area contributed by atoms with Crippen molar-refractivity contribution in [3.8, 4) is 0 Å². The average Bonchev–Trinajstić information content (AvgIpc) is 2.88. The van der Waals surface area contributed by atoms with Gasteiger partial charge in [0.2, 0.25) is 0 Å². The third kappa shape index (κ3) is 3.62. The minimum atomic E-state index is -0.463. The molecule has 0 spiro atoms. The molecule has 4 heteroatoms. The van der Waals surface area contributed by atoms with Crippen LogP contribution in [0.4, 0.5) is 0 Å². The quantitative estimate of drug-likeness (QED) is 0.768. The van der Waals surface area contributed by atoms with Gasteiger partial charge in [-0.05, 0) is 38.4 Å². The zero-order valence-corrected chi connectivity index (χ0v) is 10.9. The van der Waals surface area contributed by atoms with Gasteiger partial charge in [-0.2, -0.15) is 11.8 Å². The molecule has 0 aromatic rings. The van der Waals surface area contributed by atoms with Gasteiger partial charge in [-0.3, -0.25) is 0 Å². The number of hydrogen-bond acceptors (Lipinski definition) is 4. The summed E-state index contributed by atoms with van der Waals surface area (Å²) in [4.78, 5) is 0. The molecule has 2 heterocycles. The van der Waals surface area contributed by atoms with Crippen molar-refractivity contribution in [3.63, 3.8) is 0 Å². The summed E-state index contributed by atoms with van der Waals surface area (Å²) in [6, 6.07) is 0.442. The smallest absolute Gasteiger partial charge is 0.0869 e. The molecule has 2 N–H and O–H groups in total. The van der Waals surface area contributed by atoms with Crippen molar-refractivity contribution < 1.29 is 9.84 Å². The summed E-state index contributed by atoms with van der Waals surface area (Å²) in [5.41, 5.74) is -0.463. The summed E-state index contributed by atoms with van der Waals surface area (Å²) in [7, 11) is 0. The molecule has 3 nitrogen and oxygen atoms in total. The highest BCUT2D eigenvalue weighted by molar-refractivity contribution is 7.99. The Balaban J connectivity index is 1.64. The normalized spacial score (nSPS) is 36.8. The number of hydrogen-bond donors (Lipinski definition) is 2. The lowest BCUT2D eigenvalue weighted by Gasteiger charge is -2.25. The molecule has 0 aromatic carbocycles. The summed E-state index contributed by atoms with van der Waals surface area (Å²) in [6.45, 7) is 3.85. The second kappa shape index (κ2) is 5.71. The van der Waals surface area contributed by atoms with Crippen LogP contribution in [0.15, 0.2) is 0 Å². The topological polar surface area (TPSA) is 41.5 Å². The highest BCUT2D eigenvalue weighted by atomic mass is 32.2. The van der Waals surface area contributed by atoms with Gasteiger partial charge in [-0.1, -0.05) is 0 Å². The van der Waals surface area contributed by atoms with E-state index < -0.39 is 5.60 Å². The van der Waals surface area contributed by atoms with Gasteiger partial charge < -0.3 is 15.2 Å². The van der Waals surface area contributed by atoms with Crippen molar-refractivity contribution in [2.24, 2.45) is 0 Å². The van der Waals surface area contributed by atoms with E-state index in [9.17, 15) is 5.11 Å². The van der Waals surface area contributed by atoms with Crippen LogP contribution in [0.2, 0.25) is 0 Å². The largest absolute Gasteiger partial charge is 0.388 e. The Morgan fingerprint density at radius 2 is 2.50 bits per heavy atom. The lowest BCUT2D eigenvalue weighted by molar-refractivity contribution is 0.0584. The van der Waals surface area contributed by atoms with Gasteiger partial charge in [0.1, 0.15) is 0 Å². The molecule has 0 aromatic heterocycles. The van der Waals surface area contributed by atoms with Gasteiger partial charge in [0.15, 0.2) is 0 Å². The minimum Gasteiger partial charge on any atom is -0.388 e. The molecule has 3 unspecified atom stereocenters. The van der Waals surface area contributed by atoms with Gasteiger partial charge in [-0.25, -0.2) is 0 Å². The van der Waals surface area contributed by atoms with Crippen molar-refractivity contribution in [2.45, 2.75) is 50.4 Å². The highest BCUT2D eigenvalue weighted by Gasteiger charge is 2.31. The first kappa shape index (κ1) is 12.7. The second-order valence-corrected chi connectivity index (χ2v) is 6.28. The maximum atomic E-state index is 10.2. The third-order valence-corrected chi connectivity index (χ3v) is 4.74. The van der Waals surface area contributed by atoms with E-state index >= 15 is 0 Å². The van der Waals surface area contributed by atoms with Gasteiger partial charge in [0.25, 0.3) is 0 Å². The van der Waals surface area contributed by atoms with E-state index in [-0.39, 0.29) is 0 Å². The Kier molecular flexibility index (Phi) is 4.53. The van der Waals surface area contributed by atoms with Crippen LogP contribution < -0.4 is 5.32 Å². The molecule has 94 valence electrons. The summed E-state index contributed by atoms with van der Waals surface area (Å²) in [5.74, 6) is 1.98. The molecule has 0 bridgehead atoms. The van der Waals surface area contributed by atoms with Crippen molar-refractivity contribution >= 4 is 11.8 Å². The summed E-state index contributed by atoms with van der Waals surface area (Å²) < 4.78 is 5.61. The zero-order valence-electron chi connectivity index (χ0n) is 10.1. The van der Waals surface area contributed by atoms with Crippen molar-refractivity contribution in [1.29, 1.82) is 0 Å². The standard InChI is InChI=1S/C12H23NO2S/c1-10(7-11-3-2-5-15-11)13-8-12(14)4-6-16-9-12/h10-11,13-14H,2-9H2,1H3. The first-order chi connectivity index (χ1) is 7.68. The fourth-order valence-corrected chi connectivity index (χ4v) is 3.70. The maximum Gasteiger partial charge on any atom is 0.0869 e. The van der Waals surface area contributed by atoms with Gasteiger partial charge >= 0.3 is 0 Å². The molecule has 2 saturated heterocycles. The Hall–Kier alpha value is 0.230. The maximum absolute atomic E-state index is 10.2. The molecule has 16 heavy (non-hydrogen) atoms. The van der Waals surface area contributed by atoms with Crippen LogP contribution in [0.1, 0.15) is 32.6 Å². The number of rotatable bonds is 5. The van der Waals surface area contributed by atoms with Crippen LogP contribution >= 0.6 is 11.8 Å². The molecular formula is C12H23NO2S. The summed E-state index contributed by atoms with van der Waals surface area (Å²) in [6.07, 6.45) is 4.85. The lowest BCUT2D eigenvalue weighted by atomic mass is 10.0. The fourth-order valence-electron chi connectivity index (χ4n) is 2.41. The fraction of sp³-hybridized carbons (Fsp3) is 1.00. The molecule has 3 atom stereocenters. The van der Waals surface area contributed by atoms with Crippen LogP contribution in [0.25, 0.3) is 0 Å².